The van der Waals surface area contributed by atoms with Gasteiger partial charge in [0.1, 0.15) is 6.04 Å². The highest BCUT2D eigenvalue weighted by Crippen LogP contribution is 2.04. The van der Waals surface area contributed by atoms with Crippen molar-refractivity contribution in [3.8, 4) is 0 Å². The Labute approximate surface area is 99.6 Å². The van der Waals surface area contributed by atoms with E-state index in [1.165, 1.54) is 11.8 Å². The first-order valence-electron chi connectivity index (χ1n) is 5.32. The summed E-state index contributed by atoms with van der Waals surface area (Å²) >= 11 is 1.49. The number of aliphatic carboxylic acids is 1. The molecule has 0 unspecified atom stereocenters. The smallest absolute Gasteiger partial charge is 0.326 e. The minimum Gasteiger partial charge on any atom is -0.480 e. The quantitative estimate of drug-likeness (QED) is 0.517. The molecule has 0 radical (unpaired) electrons. The zero-order valence-electron chi connectivity index (χ0n) is 9.44. The lowest BCUT2D eigenvalue weighted by Crippen LogP contribution is -2.42. The second-order valence-electron chi connectivity index (χ2n) is 3.38. The number of nitrogens with one attached hydrogen (secondary N) is 1. The molecule has 0 spiro atoms. The monoisotopic (exact) mass is 249 g/mol. The van der Waals surface area contributed by atoms with Gasteiger partial charge in [-0.3, -0.25) is 4.79 Å². The first-order chi connectivity index (χ1) is 7.61. The number of hydrogen-bond donors (Lipinski definition) is 3. The Kier molecular flexibility index (Phi) is 9.03. The average Bonchev–Trinajstić information content (AvgIpc) is 2.23. The fraction of sp³-hybridized carbons (Fsp3) is 0.800. The van der Waals surface area contributed by atoms with Gasteiger partial charge in [-0.1, -0.05) is 13.3 Å². The van der Waals surface area contributed by atoms with Crippen LogP contribution in [0.4, 0.5) is 0 Å². The van der Waals surface area contributed by atoms with Gasteiger partial charge in [-0.25, -0.2) is 4.79 Å². The summed E-state index contributed by atoms with van der Waals surface area (Å²) in [4.78, 5) is 22.0. The Balaban J connectivity index is 3.77. The van der Waals surface area contributed by atoms with E-state index in [2.05, 4.69) is 12.2 Å². The molecule has 0 rings (SSSR count). The zero-order valence-corrected chi connectivity index (χ0v) is 10.3. The van der Waals surface area contributed by atoms with E-state index in [0.717, 1.165) is 18.6 Å². The van der Waals surface area contributed by atoms with Gasteiger partial charge in [0.2, 0.25) is 5.91 Å². The largest absolute Gasteiger partial charge is 0.480 e. The molecule has 1 atom stereocenters. The standard InChI is InChI=1S/C10H19NO4S/c1-2-3-6-16-7-9(13)11-8(4-5-12)10(14)15/h8,12H,2-7H2,1H3,(H,11,13)(H,14,15)/t8-/m0/s1. The lowest BCUT2D eigenvalue weighted by molar-refractivity contribution is -0.141. The summed E-state index contributed by atoms with van der Waals surface area (Å²) in [5.74, 6) is -0.223. The van der Waals surface area contributed by atoms with Gasteiger partial charge in [0.25, 0.3) is 0 Å². The summed E-state index contributed by atoms with van der Waals surface area (Å²) in [6, 6.07) is -0.982. The molecule has 0 fully saturated rings. The highest BCUT2D eigenvalue weighted by atomic mass is 32.2. The molecule has 0 aromatic heterocycles. The van der Waals surface area contributed by atoms with Crippen LogP contribution in [0, 0.1) is 0 Å². The van der Waals surface area contributed by atoms with E-state index in [1.807, 2.05) is 0 Å². The fourth-order valence-electron chi connectivity index (χ4n) is 1.03. The SMILES string of the molecule is CCCCSCC(=O)N[C@@H](CCO)C(=O)O. The summed E-state index contributed by atoms with van der Waals surface area (Å²) in [7, 11) is 0. The first kappa shape index (κ1) is 15.2. The van der Waals surface area contributed by atoms with Crippen LogP contribution in [0.1, 0.15) is 26.2 Å². The van der Waals surface area contributed by atoms with Crippen molar-refractivity contribution in [2.75, 3.05) is 18.1 Å². The molecule has 1 amide bonds. The number of hydrogen-bond acceptors (Lipinski definition) is 4. The van der Waals surface area contributed by atoms with Crippen molar-refractivity contribution in [3.05, 3.63) is 0 Å². The van der Waals surface area contributed by atoms with Crippen LogP contribution in [0.2, 0.25) is 0 Å². The van der Waals surface area contributed by atoms with Gasteiger partial charge in [-0.05, 0) is 12.2 Å². The van der Waals surface area contributed by atoms with Gasteiger partial charge >= 0.3 is 5.97 Å². The predicted molar refractivity (Wildman–Crippen MR) is 63.5 cm³/mol. The Morgan fingerprint density at radius 3 is 2.62 bits per heavy atom. The van der Waals surface area contributed by atoms with Crippen LogP contribution in [-0.4, -0.2) is 46.2 Å². The summed E-state index contributed by atoms with van der Waals surface area (Å²) in [5, 5.41) is 19.7. The molecular weight excluding hydrogens is 230 g/mol. The van der Waals surface area contributed by atoms with E-state index < -0.39 is 12.0 Å². The van der Waals surface area contributed by atoms with Crippen LogP contribution in [0.3, 0.4) is 0 Å². The van der Waals surface area contributed by atoms with Crippen molar-refractivity contribution in [3.63, 3.8) is 0 Å². The predicted octanol–water partition coefficient (Wildman–Crippen LogP) is 0.471. The highest BCUT2D eigenvalue weighted by Gasteiger charge is 2.18. The Morgan fingerprint density at radius 2 is 2.12 bits per heavy atom. The molecule has 94 valence electrons. The molecule has 0 aromatic carbocycles. The molecule has 0 aromatic rings. The lowest BCUT2D eigenvalue weighted by atomic mass is 10.2. The first-order valence-corrected chi connectivity index (χ1v) is 6.48. The molecule has 6 heteroatoms. The average molecular weight is 249 g/mol. The van der Waals surface area contributed by atoms with E-state index in [4.69, 9.17) is 10.2 Å². The molecule has 5 nitrogen and oxygen atoms in total. The Hall–Kier alpha value is -0.750. The molecule has 16 heavy (non-hydrogen) atoms. The van der Waals surface area contributed by atoms with Crippen LogP contribution in [0.25, 0.3) is 0 Å². The molecular formula is C10H19NO4S. The van der Waals surface area contributed by atoms with E-state index in [9.17, 15) is 9.59 Å². The summed E-state index contributed by atoms with van der Waals surface area (Å²) in [5.41, 5.74) is 0. The maximum Gasteiger partial charge on any atom is 0.326 e. The van der Waals surface area contributed by atoms with Crippen LogP contribution in [0.5, 0.6) is 0 Å². The van der Waals surface area contributed by atoms with Crippen molar-refractivity contribution in [2.24, 2.45) is 0 Å². The molecule has 0 saturated heterocycles. The molecule has 0 saturated carbocycles. The van der Waals surface area contributed by atoms with Gasteiger partial charge in [-0.2, -0.15) is 11.8 Å². The van der Waals surface area contributed by atoms with E-state index >= 15 is 0 Å². The summed E-state index contributed by atoms with van der Waals surface area (Å²) in [6.07, 6.45) is 2.18. The van der Waals surface area contributed by atoms with Gasteiger partial charge in [0, 0.05) is 13.0 Å². The van der Waals surface area contributed by atoms with Crippen molar-refractivity contribution < 1.29 is 19.8 Å². The molecule has 0 aliphatic rings. The minimum absolute atomic E-state index is 0.0424. The molecule has 0 aliphatic heterocycles. The van der Waals surface area contributed by atoms with Crippen molar-refractivity contribution in [2.45, 2.75) is 32.2 Å². The Morgan fingerprint density at radius 1 is 1.44 bits per heavy atom. The van der Waals surface area contributed by atoms with Crippen LogP contribution < -0.4 is 5.32 Å². The molecule has 0 heterocycles. The van der Waals surface area contributed by atoms with Gasteiger partial charge in [0.15, 0.2) is 0 Å². The highest BCUT2D eigenvalue weighted by molar-refractivity contribution is 7.99. The maximum absolute atomic E-state index is 11.3. The summed E-state index contributed by atoms with van der Waals surface area (Å²) in [6.45, 7) is 1.82. The van der Waals surface area contributed by atoms with E-state index in [0.29, 0.717) is 0 Å². The third kappa shape index (κ3) is 7.53. The number of carbonyl (C=O) groups excluding carboxylic acids is 1. The second kappa shape index (κ2) is 9.47. The van der Waals surface area contributed by atoms with Crippen molar-refractivity contribution in [1.29, 1.82) is 0 Å². The third-order valence-corrected chi connectivity index (χ3v) is 2.97. The number of amides is 1. The number of carboxylic acids is 1. The number of aliphatic hydroxyl groups excluding tert-OH is 1. The fourth-order valence-corrected chi connectivity index (χ4v) is 1.94. The molecule has 3 N–H and O–H groups in total. The normalized spacial score (nSPS) is 12.1. The molecule has 0 bridgehead atoms. The number of aliphatic hydroxyl groups is 1. The second-order valence-corrected chi connectivity index (χ2v) is 4.48. The van der Waals surface area contributed by atoms with Gasteiger partial charge in [0.05, 0.1) is 5.75 Å². The topological polar surface area (TPSA) is 86.6 Å². The maximum atomic E-state index is 11.3. The lowest BCUT2D eigenvalue weighted by Gasteiger charge is -2.12. The van der Waals surface area contributed by atoms with Crippen LogP contribution in [-0.2, 0) is 9.59 Å². The minimum atomic E-state index is -1.11. The van der Waals surface area contributed by atoms with Gasteiger partial charge in [-0.15, -0.1) is 0 Å². The Bertz CT molecular complexity index is 223. The van der Waals surface area contributed by atoms with Crippen LogP contribution >= 0.6 is 11.8 Å². The van der Waals surface area contributed by atoms with Crippen molar-refractivity contribution in [1.82, 2.24) is 5.32 Å². The van der Waals surface area contributed by atoms with Crippen LogP contribution in [0.15, 0.2) is 0 Å². The number of carbonyl (C=O) groups is 2. The number of unbranched alkanes of at least 4 members (excludes halogenated alkanes) is 1. The number of rotatable bonds is 9. The third-order valence-electron chi connectivity index (χ3n) is 1.93. The van der Waals surface area contributed by atoms with Crippen molar-refractivity contribution >= 4 is 23.6 Å². The number of carboxylic acid groups (broad SMARTS) is 1. The van der Waals surface area contributed by atoms with E-state index in [1.54, 1.807) is 0 Å². The molecule has 0 aliphatic carbocycles. The zero-order chi connectivity index (χ0) is 12.4. The van der Waals surface area contributed by atoms with E-state index in [-0.39, 0.29) is 24.7 Å². The number of thioether (sulfide) groups is 1. The van der Waals surface area contributed by atoms with Gasteiger partial charge < -0.3 is 15.5 Å². The summed E-state index contributed by atoms with van der Waals surface area (Å²) < 4.78 is 0.